The molecule has 0 fully saturated rings. The van der Waals surface area contributed by atoms with Crippen LogP contribution in [0.2, 0.25) is 10.0 Å². The zero-order valence-corrected chi connectivity index (χ0v) is 23.4. The van der Waals surface area contributed by atoms with Crippen molar-refractivity contribution in [3.63, 3.8) is 0 Å². The summed E-state index contributed by atoms with van der Waals surface area (Å²) in [6, 6.07) is 10.3. The molecule has 2 aromatic rings. The van der Waals surface area contributed by atoms with Gasteiger partial charge in [0.25, 0.3) is 5.91 Å². The highest BCUT2D eigenvalue weighted by Gasteiger charge is 2.30. The van der Waals surface area contributed by atoms with Crippen LogP contribution in [-0.2, 0) is 16.1 Å². The van der Waals surface area contributed by atoms with Crippen molar-refractivity contribution in [2.45, 2.75) is 59.5 Å². The van der Waals surface area contributed by atoms with E-state index in [2.05, 4.69) is 35.1 Å². The molecule has 5 nitrogen and oxygen atoms in total. The van der Waals surface area contributed by atoms with Crippen LogP contribution in [0.15, 0.2) is 40.9 Å². The molecular weight excluding hydrogens is 539 g/mol. The summed E-state index contributed by atoms with van der Waals surface area (Å²) in [5, 5.41) is 3.82. The first-order valence-corrected chi connectivity index (χ1v) is 13.0. The first kappa shape index (κ1) is 28.5. The number of carbonyl (C=O) groups excluding carboxylic acids is 2. The van der Waals surface area contributed by atoms with Crippen molar-refractivity contribution in [1.82, 2.24) is 10.2 Å². The molecule has 0 saturated heterocycles. The molecule has 0 saturated carbocycles. The van der Waals surface area contributed by atoms with Gasteiger partial charge in [0, 0.05) is 28.7 Å². The lowest BCUT2D eigenvalue weighted by atomic mass is 10.0. The first-order valence-electron chi connectivity index (χ1n) is 11.5. The highest BCUT2D eigenvalue weighted by molar-refractivity contribution is 9.10. The monoisotopic (exact) mass is 570 g/mol. The Hall–Kier alpha value is -1.76. The van der Waals surface area contributed by atoms with Gasteiger partial charge >= 0.3 is 0 Å². The Kier molecular flexibility index (Phi) is 11.2. The van der Waals surface area contributed by atoms with Crippen molar-refractivity contribution in [3.8, 4) is 5.75 Å². The molecule has 34 heavy (non-hydrogen) atoms. The number of nitrogens with one attached hydrogen (secondary N) is 1. The molecule has 0 aliphatic carbocycles. The van der Waals surface area contributed by atoms with Crippen molar-refractivity contribution < 1.29 is 14.3 Å². The van der Waals surface area contributed by atoms with E-state index in [1.807, 2.05) is 39.0 Å². The Morgan fingerprint density at radius 1 is 1.09 bits per heavy atom. The summed E-state index contributed by atoms with van der Waals surface area (Å²) in [6.07, 6.45) is 0.435. The Labute approximate surface area is 221 Å². The molecule has 2 aromatic carbocycles. The van der Waals surface area contributed by atoms with Crippen LogP contribution in [0.3, 0.4) is 0 Å². The molecule has 8 heteroatoms. The van der Waals surface area contributed by atoms with E-state index >= 15 is 0 Å². The number of hydrogen-bond acceptors (Lipinski definition) is 3. The van der Waals surface area contributed by atoms with Gasteiger partial charge in [0.1, 0.15) is 11.8 Å². The van der Waals surface area contributed by atoms with Crippen molar-refractivity contribution in [3.05, 3.63) is 62.0 Å². The van der Waals surface area contributed by atoms with Crippen LogP contribution >= 0.6 is 39.1 Å². The Balaban J connectivity index is 2.28. The minimum atomic E-state index is -0.686. The maximum Gasteiger partial charge on any atom is 0.261 e. The minimum Gasteiger partial charge on any atom is -0.483 e. The third-order valence-electron chi connectivity index (χ3n) is 5.43. The summed E-state index contributed by atoms with van der Waals surface area (Å²) in [5.41, 5.74) is 1.75. The minimum absolute atomic E-state index is 0.0990. The van der Waals surface area contributed by atoms with E-state index in [-0.39, 0.29) is 30.9 Å². The lowest BCUT2D eigenvalue weighted by Gasteiger charge is -2.31. The smallest absolute Gasteiger partial charge is 0.261 e. The van der Waals surface area contributed by atoms with Crippen LogP contribution in [0.5, 0.6) is 5.75 Å². The zero-order chi connectivity index (χ0) is 25.4. The molecular formula is C26H33BrCl2N2O3. The van der Waals surface area contributed by atoms with Crippen molar-refractivity contribution in [2.24, 2.45) is 5.92 Å². The molecule has 0 aliphatic heterocycles. The number of benzene rings is 2. The topological polar surface area (TPSA) is 58.6 Å². The SMILES string of the molecule is CCC(C(=O)NCC(C)C)N(Cc1c(Cl)cccc1Cl)C(=O)COc1ccc(C(C)C)cc1Br. The van der Waals surface area contributed by atoms with Gasteiger partial charge < -0.3 is 15.0 Å². The van der Waals surface area contributed by atoms with Crippen LogP contribution in [0, 0.1) is 5.92 Å². The van der Waals surface area contributed by atoms with Gasteiger partial charge in [0.05, 0.1) is 4.47 Å². The van der Waals surface area contributed by atoms with Gasteiger partial charge in [0.2, 0.25) is 5.91 Å². The van der Waals surface area contributed by atoms with E-state index in [9.17, 15) is 9.59 Å². The van der Waals surface area contributed by atoms with Crippen molar-refractivity contribution in [1.29, 1.82) is 0 Å². The fourth-order valence-electron chi connectivity index (χ4n) is 3.41. The third kappa shape index (κ3) is 7.89. The van der Waals surface area contributed by atoms with Gasteiger partial charge in [-0.15, -0.1) is 0 Å². The number of halogens is 3. The van der Waals surface area contributed by atoms with Crippen LogP contribution in [0.4, 0.5) is 0 Å². The van der Waals surface area contributed by atoms with Gasteiger partial charge in [-0.3, -0.25) is 9.59 Å². The van der Waals surface area contributed by atoms with Gasteiger partial charge in [-0.05, 0) is 64.0 Å². The normalized spacial score (nSPS) is 12.1. The van der Waals surface area contributed by atoms with Gasteiger partial charge in [0.15, 0.2) is 6.61 Å². The molecule has 0 spiro atoms. The van der Waals surface area contributed by atoms with E-state index in [1.54, 1.807) is 18.2 Å². The fraction of sp³-hybridized carbons (Fsp3) is 0.462. The van der Waals surface area contributed by atoms with Crippen LogP contribution in [0.1, 0.15) is 58.1 Å². The van der Waals surface area contributed by atoms with Crippen LogP contribution < -0.4 is 10.1 Å². The Morgan fingerprint density at radius 3 is 2.26 bits per heavy atom. The number of nitrogens with zero attached hydrogens (tertiary/aromatic N) is 1. The summed E-state index contributed by atoms with van der Waals surface area (Å²) in [5.74, 6) is 0.680. The molecule has 186 valence electrons. The second-order valence-electron chi connectivity index (χ2n) is 8.92. The van der Waals surface area contributed by atoms with Gasteiger partial charge in [-0.1, -0.05) is 70.0 Å². The number of hydrogen-bond donors (Lipinski definition) is 1. The lowest BCUT2D eigenvalue weighted by Crippen LogP contribution is -2.50. The van der Waals surface area contributed by atoms with E-state index in [0.29, 0.717) is 40.2 Å². The second kappa shape index (κ2) is 13.4. The summed E-state index contributed by atoms with van der Waals surface area (Å²) < 4.78 is 6.62. The van der Waals surface area contributed by atoms with Crippen LogP contribution in [0.25, 0.3) is 0 Å². The Bertz CT molecular complexity index is 978. The molecule has 0 heterocycles. The van der Waals surface area contributed by atoms with E-state index in [4.69, 9.17) is 27.9 Å². The lowest BCUT2D eigenvalue weighted by molar-refractivity contribution is -0.143. The van der Waals surface area contributed by atoms with Gasteiger partial charge in [-0.2, -0.15) is 0 Å². The molecule has 2 rings (SSSR count). The molecule has 1 atom stereocenters. The van der Waals surface area contributed by atoms with Crippen LogP contribution in [-0.4, -0.2) is 35.9 Å². The average Bonchev–Trinajstić information content (AvgIpc) is 2.78. The van der Waals surface area contributed by atoms with Gasteiger partial charge in [-0.25, -0.2) is 0 Å². The molecule has 0 bridgehead atoms. The summed E-state index contributed by atoms with van der Waals surface area (Å²) in [7, 11) is 0. The number of ether oxygens (including phenoxy) is 1. The van der Waals surface area contributed by atoms with Crippen molar-refractivity contribution in [2.75, 3.05) is 13.2 Å². The highest BCUT2D eigenvalue weighted by Crippen LogP contribution is 2.30. The number of carbonyl (C=O) groups is 2. The largest absolute Gasteiger partial charge is 0.483 e. The third-order valence-corrected chi connectivity index (χ3v) is 6.76. The Morgan fingerprint density at radius 2 is 1.74 bits per heavy atom. The van der Waals surface area contributed by atoms with Crippen molar-refractivity contribution >= 4 is 50.9 Å². The highest BCUT2D eigenvalue weighted by atomic mass is 79.9. The molecule has 2 amide bonds. The van der Waals surface area contributed by atoms with E-state index < -0.39 is 6.04 Å². The second-order valence-corrected chi connectivity index (χ2v) is 10.6. The predicted octanol–water partition coefficient (Wildman–Crippen LogP) is 6.84. The number of rotatable bonds is 11. The molecule has 0 radical (unpaired) electrons. The maximum atomic E-state index is 13.4. The predicted molar refractivity (Wildman–Crippen MR) is 143 cm³/mol. The van der Waals surface area contributed by atoms with E-state index in [1.165, 1.54) is 4.90 Å². The summed E-state index contributed by atoms with van der Waals surface area (Å²) in [6.45, 7) is 10.5. The maximum absolute atomic E-state index is 13.4. The molecule has 0 aromatic heterocycles. The fourth-order valence-corrected chi connectivity index (χ4v) is 4.44. The molecule has 1 N–H and O–H groups in total. The number of amides is 2. The summed E-state index contributed by atoms with van der Waals surface area (Å²) >= 11 is 16.3. The summed E-state index contributed by atoms with van der Waals surface area (Å²) in [4.78, 5) is 27.9. The molecule has 0 aliphatic rings. The standard InChI is InChI=1S/C26H33BrCl2N2O3/c1-6-23(26(33)30-13-16(2)3)31(14-19-21(28)8-7-9-22(19)29)25(32)15-34-24-11-10-18(17(4)5)12-20(24)27/h7-12,16-17,23H,6,13-15H2,1-5H3,(H,30,33). The molecule has 1 unspecified atom stereocenters. The zero-order valence-electron chi connectivity index (χ0n) is 20.3. The average molecular weight is 572 g/mol. The first-order chi connectivity index (χ1) is 16.0. The quantitative estimate of drug-likeness (QED) is 0.321. The van der Waals surface area contributed by atoms with E-state index in [0.717, 1.165) is 10.0 Å².